The summed E-state index contributed by atoms with van der Waals surface area (Å²) in [4.78, 5) is 48.7. The minimum atomic E-state index is -1.06. The lowest BCUT2D eigenvalue weighted by molar-refractivity contribution is -0.182. The van der Waals surface area contributed by atoms with Crippen LogP contribution >= 0.6 is 0 Å². The molecule has 0 aromatic carbocycles. The Balaban J connectivity index is 1.66. The van der Waals surface area contributed by atoms with E-state index in [1.807, 2.05) is 0 Å². The van der Waals surface area contributed by atoms with Crippen molar-refractivity contribution >= 4 is 23.8 Å². The van der Waals surface area contributed by atoms with Crippen LogP contribution in [0.25, 0.3) is 0 Å². The number of imide groups is 1. The van der Waals surface area contributed by atoms with Crippen LogP contribution in [0.1, 0.15) is 66.2 Å². The van der Waals surface area contributed by atoms with Crippen molar-refractivity contribution in [2.24, 2.45) is 17.3 Å². The van der Waals surface area contributed by atoms with Crippen molar-refractivity contribution in [1.82, 2.24) is 16.0 Å². The minimum absolute atomic E-state index is 0.0746. The van der Waals surface area contributed by atoms with Crippen LogP contribution < -0.4 is 16.0 Å². The summed E-state index contributed by atoms with van der Waals surface area (Å²) in [7, 11) is 0. The molecule has 0 aromatic heterocycles. The molecule has 4 saturated carbocycles. The molecular weight excluding hydrogens is 362 g/mol. The van der Waals surface area contributed by atoms with E-state index in [4.69, 9.17) is 4.74 Å². The van der Waals surface area contributed by atoms with E-state index in [1.165, 1.54) is 13.8 Å². The molecule has 2 unspecified atom stereocenters. The maximum Gasteiger partial charge on any atom is 0.321 e. The van der Waals surface area contributed by atoms with E-state index in [9.17, 15) is 19.2 Å². The number of carbonyl (C=O) groups excluding carboxylic acids is 4. The summed E-state index contributed by atoms with van der Waals surface area (Å²) in [6.45, 7) is 6.55. The maximum atomic E-state index is 13.1. The molecule has 28 heavy (non-hydrogen) atoms. The number of ether oxygens (including phenoxy) is 1. The quantitative estimate of drug-likeness (QED) is 0.614. The zero-order valence-electron chi connectivity index (χ0n) is 17.1. The molecular formula is C20H31N3O5. The lowest BCUT2D eigenvalue weighted by atomic mass is 9.47. The predicted octanol–water partition coefficient (Wildman–Crippen LogP) is 1.63. The van der Waals surface area contributed by atoms with E-state index >= 15 is 0 Å². The first-order valence-corrected chi connectivity index (χ1v) is 10.1. The van der Waals surface area contributed by atoms with E-state index in [0.29, 0.717) is 18.3 Å². The van der Waals surface area contributed by atoms with Crippen LogP contribution in [-0.2, 0) is 19.1 Å². The molecule has 4 fully saturated rings. The third kappa shape index (κ3) is 4.15. The third-order valence-electron chi connectivity index (χ3n) is 6.24. The Morgan fingerprint density at radius 3 is 2.14 bits per heavy atom. The number of nitrogens with one attached hydrogen (secondary N) is 3. The summed E-state index contributed by atoms with van der Waals surface area (Å²) >= 11 is 0. The van der Waals surface area contributed by atoms with Crippen molar-refractivity contribution in [2.75, 3.05) is 0 Å². The van der Waals surface area contributed by atoms with Crippen LogP contribution in [-0.4, -0.2) is 41.5 Å². The van der Waals surface area contributed by atoms with Crippen LogP contribution in [0.5, 0.6) is 0 Å². The van der Waals surface area contributed by atoms with Gasteiger partial charge in [0.05, 0.1) is 5.41 Å². The van der Waals surface area contributed by atoms with Gasteiger partial charge in [-0.15, -0.1) is 0 Å². The summed E-state index contributed by atoms with van der Waals surface area (Å²) in [5.41, 5.74) is -0.987. The summed E-state index contributed by atoms with van der Waals surface area (Å²) in [5.74, 6) is -0.325. The van der Waals surface area contributed by atoms with Gasteiger partial charge in [-0.05, 0) is 71.1 Å². The van der Waals surface area contributed by atoms with Gasteiger partial charge >= 0.3 is 12.0 Å². The van der Waals surface area contributed by atoms with Gasteiger partial charge < -0.3 is 15.4 Å². The Bertz CT molecular complexity index is 675. The third-order valence-corrected chi connectivity index (χ3v) is 6.24. The number of hydrogen-bond donors (Lipinski definition) is 3. The highest BCUT2D eigenvalue weighted by atomic mass is 16.5. The van der Waals surface area contributed by atoms with E-state index in [2.05, 4.69) is 16.0 Å². The number of rotatable bonds is 5. The van der Waals surface area contributed by atoms with E-state index in [0.717, 1.165) is 32.1 Å². The molecule has 0 radical (unpaired) electrons. The first kappa shape index (κ1) is 20.6. The SMILES string of the molecule is CC(=O)NC12C[C@H]3C[C@@H](C1)CC(C(=O)O[C@H](C)C(=O)NC(=O)NC(C)C)(C3)C2. The van der Waals surface area contributed by atoms with Gasteiger partial charge in [-0.25, -0.2) is 4.79 Å². The van der Waals surface area contributed by atoms with Gasteiger partial charge in [-0.3, -0.25) is 19.7 Å². The molecule has 8 heteroatoms. The summed E-state index contributed by atoms with van der Waals surface area (Å²) in [6, 6.07) is -0.718. The van der Waals surface area contributed by atoms with Gasteiger partial charge in [-0.1, -0.05) is 0 Å². The number of esters is 1. The largest absolute Gasteiger partial charge is 0.452 e. The Kier molecular flexibility index (Phi) is 5.42. The Hall–Kier alpha value is -2.12. The lowest BCUT2D eigenvalue weighted by Crippen LogP contribution is -2.65. The molecule has 156 valence electrons. The highest BCUT2D eigenvalue weighted by Gasteiger charge is 2.61. The number of urea groups is 1. The zero-order valence-corrected chi connectivity index (χ0v) is 17.1. The predicted molar refractivity (Wildman–Crippen MR) is 101 cm³/mol. The first-order valence-electron chi connectivity index (χ1n) is 10.1. The highest BCUT2D eigenvalue weighted by molar-refractivity contribution is 5.97. The van der Waals surface area contributed by atoms with E-state index < -0.39 is 23.5 Å². The molecule has 4 rings (SSSR count). The second-order valence-corrected chi connectivity index (χ2v) is 9.37. The second-order valence-electron chi connectivity index (χ2n) is 9.37. The number of amides is 4. The molecule has 0 aliphatic heterocycles. The molecule has 4 aliphatic carbocycles. The van der Waals surface area contributed by atoms with Crippen LogP contribution in [0.15, 0.2) is 0 Å². The summed E-state index contributed by atoms with van der Waals surface area (Å²) in [6.07, 6.45) is 3.88. The molecule has 0 saturated heterocycles. The lowest BCUT2D eigenvalue weighted by Gasteiger charge is -2.60. The van der Waals surface area contributed by atoms with Crippen molar-refractivity contribution in [3.63, 3.8) is 0 Å². The summed E-state index contributed by atoms with van der Waals surface area (Å²) < 4.78 is 5.51. The number of carbonyl (C=O) groups is 4. The molecule has 0 aromatic rings. The fourth-order valence-corrected chi connectivity index (χ4v) is 5.87. The van der Waals surface area contributed by atoms with Gasteiger partial charge in [0.25, 0.3) is 5.91 Å². The van der Waals surface area contributed by atoms with Gasteiger partial charge in [0.2, 0.25) is 5.91 Å². The van der Waals surface area contributed by atoms with Crippen molar-refractivity contribution < 1.29 is 23.9 Å². The maximum absolute atomic E-state index is 13.1. The van der Waals surface area contributed by atoms with Gasteiger partial charge in [0.1, 0.15) is 0 Å². The van der Waals surface area contributed by atoms with Crippen LogP contribution in [0, 0.1) is 17.3 Å². The van der Waals surface area contributed by atoms with Crippen LogP contribution in [0.3, 0.4) is 0 Å². The summed E-state index contributed by atoms with van der Waals surface area (Å²) in [5, 5.41) is 7.87. The van der Waals surface area contributed by atoms with Crippen LogP contribution in [0.4, 0.5) is 4.79 Å². The molecule has 5 atom stereocenters. The normalized spacial score (nSPS) is 33.9. The van der Waals surface area contributed by atoms with Gasteiger partial charge in [0.15, 0.2) is 6.10 Å². The monoisotopic (exact) mass is 393 g/mol. The molecule has 4 amide bonds. The van der Waals surface area contributed by atoms with Gasteiger partial charge in [0, 0.05) is 18.5 Å². The Morgan fingerprint density at radius 1 is 1.00 bits per heavy atom. The first-order chi connectivity index (χ1) is 13.0. The van der Waals surface area contributed by atoms with Crippen molar-refractivity contribution in [3.8, 4) is 0 Å². The molecule has 3 N–H and O–H groups in total. The van der Waals surface area contributed by atoms with Crippen molar-refractivity contribution in [3.05, 3.63) is 0 Å². The Labute approximate surface area is 165 Å². The standard InChI is InChI=1S/C20H31N3O5/c1-11(2)21-18(27)22-16(25)12(3)28-17(26)19-6-14-5-15(7-19)9-20(8-14,10-19)23-13(4)24/h11-12,14-15H,5-10H2,1-4H3,(H,23,24)(H2,21,22,25,27)/t12-,14-,15+,19?,20?/m1/s1. The zero-order chi connectivity index (χ0) is 20.7. The molecule has 4 aliphatic rings. The minimum Gasteiger partial charge on any atom is -0.452 e. The molecule has 8 nitrogen and oxygen atoms in total. The smallest absolute Gasteiger partial charge is 0.321 e. The average Bonchev–Trinajstić information content (AvgIpc) is 2.50. The highest BCUT2D eigenvalue weighted by Crippen LogP contribution is 2.62. The van der Waals surface area contributed by atoms with Crippen molar-refractivity contribution in [1.29, 1.82) is 0 Å². The van der Waals surface area contributed by atoms with Gasteiger partial charge in [-0.2, -0.15) is 0 Å². The molecule has 4 bridgehead atoms. The fourth-order valence-electron chi connectivity index (χ4n) is 5.87. The van der Waals surface area contributed by atoms with E-state index in [-0.39, 0.29) is 23.5 Å². The molecule has 0 heterocycles. The topological polar surface area (TPSA) is 114 Å². The van der Waals surface area contributed by atoms with Crippen LogP contribution in [0.2, 0.25) is 0 Å². The fraction of sp³-hybridized carbons (Fsp3) is 0.800. The second kappa shape index (κ2) is 7.37. The number of hydrogen-bond acceptors (Lipinski definition) is 5. The average molecular weight is 393 g/mol. The molecule has 0 spiro atoms. The Morgan fingerprint density at radius 2 is 1.61 bits per heavy atom. The van der Waals surface area contributed by atoms with E-state index in [1.54, 1.807) is 13.8 Å². The van der Waals surface area contributed by atoms with Crippen molar-refractivity contribution in [2.45, 2.75) is 83.9 Å².